The number of hydrogen-bond donors (Lipinski definition) is 1. The molecule has 1 aromatic rings. The van der Waals surface area contributed by atoms with Crippen molar-refractivity contribution in [1.82, 2.24) is 9.97 Å². The molecule has 6 heteroatoms. The van der Waals surface area contributed by atoms with Gasteiger partial charge in [0.05, 0.1) is 12.9 Å². The zero-order chi connectivity index (χ0) is 13.8. The zero-order valence-electron chi connectivity index (χ0n) is 11.5. The van der Waals surface area contributed by atoms with Crippen LogP contribution in [0.2, 0.25) is 0 Å². The molecule has 0 saturated heterocycles. The van der Waals surface area contributed by atoms with E-state index in [2.05, 4.69) is 20.0 Å². The van der Waals surface area contributed by atoms with E-state index in [-0.39, 0.29) is 11.7 Å². The van der Waals surface area contributed by atoms with Gasteiger partial charge in [-0.15, -0.1) is 0 Å². The van der Waals surface area contributed by atoms with Crippen LogP contribution < -0.4 is 5.32 Å². The number of ether oxygens (including phenoxy) is 1. The smallest absolute Gasteiger partial charge is 0.316 e. The van der Waals surface area contributed by atoms with E-state index < -0.39 is 0 Å². The number of carbonyl (C=O) groups is 1. The number of esters is 1. The molecule has 1 saturated carbocycles. The maximum absolute atomic E-state index is 11.2. The van der Waals surface area contributed by atoms with Gasteiger partial charge in [0.15, 0.2) is 0 Å². The number of aromatic nitrogens is 2. The van der Waals surface area contributed by atoms with Crippen molar-refractivity contribution in [1.29, 1.82) is 0 Å². The van der Waals surface area contributed by atoms with Crippen LogP contribution >= 0.6 is 11.8 Å². The molecular formula is C13H19N3O2S. The molecule has 0 amide bonds. The highest BCUT2D eigenvalue weighted by Gasteiger charge is 2.28. The van der Waals surface area contributed by atoms with Gasteiger partial charge in [0, 0.05) is 18.0 Å². The monoisotopic (exact) mass is 281 g/mol. The van der Waals surface area contributed by atoms with Crippen LogP contribution in [0.5, 0.6) is 0 Å². The van der Waals surface area contributed by atoms with Crippen molar-refractivity contribution < 1.29 is 9.53 Å². The minimum Gasteiger partial charge on any atom is -0.468 e. The lowest BCUT2D eigenvalue weighted by molar-refractivity contribution is -0.137. The Morgan fingerprint density at radius 3 is 2.79 bits per heavy atom. The van der Waals surface area contributed by atoms with E-state index in [1.807, 2.05) is 13.8 Å². The first-order chi connectivity index (χ1) is 9.15. The molecule has 19 heavy (non-hydrogen) atoms. The Balaban J connectivity index is 2.21. The molecule has 1 N–H and O–H groups in total. The summed E-state index contributed by atoms with van der Waals surface area (Å²) < 4.78 is 4.66. The first-order valence-corrected chi connectivity index (χ1v) is 7.46. The lowest BCUT2D eigenvalue weighted by atomic mass is 10.3. The molecular weight excluding hydrogens is 262 g/mol. The fourth-order valence-electron chi connectivity index (χ4n) is 1.70. The average Bonchev–Trinajstić information content (AvgIpc) is 3.23. The number of rotatable bonds is 6. The average molecular weight is 281 g/mol. The van der Waals surface area contributed by atoms with Gasteiger partial charge < -0.3 is 10.1 Å². The van der Waals surface area contributed by atoms with Gasteiger partial charge >= 0.3 is 5.97 Å². The van der Waals surface area contributed by atoms with E-state index in [0.717, 1.165) is 41.6 Å². The number of nitrogens with zero attached hydrogens (tertiary/aromatic N) is 2. The number of methoxy groups -OCH3 is 1. The van der Waals surface area contributed by atoms with Gasteiger partial charge in [0.25, 0.3) is 0 Å². The Kier molecular flexibility index (Phi) is 4.63. The van der Waals surface area contributed by atoms with E-state index in [1.165, 1.54) is 18.9 Å². The lowest BCUT2D eigenvalue weighted by Gasteiger charge is -2.12. The Bertz CT molecular complexity index is 475. The second-order valence-corrected chi connectivity index (χ2v) is 5.49. The molecule has 0 atom stereocenters. The Morgan fingerprint density at radius 2 is 2.21 bits per heavy atom. The highest BCUT2D eigenvalue weighted by Crippen LogP contribution is 2.40. The fraction of sp³-hybridized carbons (Fsp3) is 0.615. The molecule has 0 unspecified atom stereocenters. The third-order valence-electron chi connectivity index (χ3n) is 2.96. The molecule has 2 rings (SSSR count). The third-order valence-corrected chi connectivity index (χ3v) is 4.01. The summed E-state index contributed by atoms with van der Waals surface area (Å²) in [5.41, 5.74) is 1.00. The second-order valence-electron chi connectivity index (χ2n) is 4.53. The molecule has 104 valence electrons. The summed E-state index contributed by atoms with van der Waals surface area (Å²) in [4.78, 5) is 20.4. The molecule has 0 aliphatic heterocycles. The van der Waals surface area contributed by atoms with Crippen molar-refractivity contribution in [3.63, 3.8) is 0 Å². The maximum atomic E-state index is 11.2. The molecule has 1 aromatic heterocycles. The van der Waals surface area contributed by atoms with Gasteiger partial charge in [0.1, 0.15) is 16.7 Å². The molecule has 0 bridgehead atoms. The van der Waals surface area contributed by atoms with Gasteiger partial charge in [0.2, 0.25) is 0 Å². The predicted molar refractivity (Wildman–Crippen MR) is 75.6 cm³/mol. The molecule has 1 heterocycles. The van der Waals surface area contributed by atoms with Crippen LogP contribution in [-0.4, -0.2) is 35.3 Å². The fourth-order valence-corrected chi connectivity index (χ4v) is 2.55. The van der Waals surface area contributed by atoms with Crippen LogP contribution in [0, 0.1) is 6.92 Å². The van der Waals surface area contributed by atoms with E-state index >= 15 is 0 Å². The van der Waals surface area contributed by atoms with Crippen LogP contribution in [0.4, 0.5) is 5.82 Å². The van der Waals surface area contributed by atoms with Gasteiger partial charge in [-0.1, -0.05) is 11.8 Å². The number of anilines is 1. The second kappa shape index (κ2) is 6.23. The van der Waals surface area contributed by atoms with Crippen molar-refractivity contribution in [3.8, 4) is 0 Å². The Morgan fingerprint density at radius 1 is 1.47 bits per heavy atom. The summed E-state index contributed by atoms with van der Waals surface area (Å²) in [5, 5.41) is 4.13. The van der Waals surface area contributed by atoms with Crippen molar-refractivity contribution in [2.75, 3.05) is 24.7 Å². The summed E-state index contributed by atoms with van der Waals surface area (Å²) in [6.07, 6.45) is 2.32. The molecule has 0 spiro atoms. The summed E-state index contributed by atoms with van der Waals surface area (Å²) in [6, 6.07) is 0. The molecule has 0 aromatic carbocycles. The zero-order valence-corrected chi connectivity index (χ0v) is 12.3. The van der Waals surface area contributed by atoms with E-state index in [0.29, 0.717) is 5.92 Å². The van der Waals surface area contributed by atoms with Crippen LogP contribution in [0.25, 0.3) is 0 Å². The molecule has 5 nitrogen and oxygen atoms in total. The molecule has 0 radical (unpaired) electrons. The summed E-state index contributed by atoms with van der Waals surface area (Å²) in [5.74, 6) is 2.32. The summed E-state index contributed by atoms with van der Waals surface area (Å²) in [7, 11) is 1.40. The minimum absolute atomic E-state index is 0.235. The van der Waals surface area contributed by atoms with Gasteiger partial charge in [-0.2, -0.15) is 0 Å². The number of nitrogens with one attached hydrogen (secondary N) is 1. The first kappa shape index (κ1) is 14.1. The standard InChI is InChI=1S/C13H19N3O2S/c1-4-14-11-8(2)13(19-7-10(17)18-3)16-12(15-11)9-5-6-9/h9H,4-7H2,1-3H3,(H,14,15,16). The lowest BCUT2D eigenvalue weighted by Crippen LogP contribution is -2.09. The maximum Gasteiger partial charge on any atom is 0.316 e. The highest BCUT2D eigenvalue weighted by atomic mass is 32.2. The van der Waals surface area contributed by atoms with Crippen molar-refractivity contribution in [2.45, 2.75) is 37.6 Å². The molecule has 1 fully saturated rings. The Labute approximate surface area is 117 Å². The number of hydrogen-bond acceptors (Lipinski definition) is 6. The predicted octanol–water partition coefficient (Wildman–Crippen LogP) is 2.36. The van der Waals surface area contributed by atoms with Crippen molar-refractivity contribution in [2.24, 2.45) is 0 Å². The number of thioether (sulfide) groups is 1. The van der Waals surface area contributed by atoms with Crippen LogP contribution in [-0.2, 0) is 9.53 Å². The third kappa shape index (κ3) is 3.59. The van der Waals surface area contributed by atoms with Gasteiger partial charge in [-0.3, -0.25) is 4.79 Å². The van der Waals surface area contributed by atoms with E-state index in [4.69, 9.17) is 0 Å². The largest absolute Gasteiger partial charge is 0.468 e. The van der Waals surface area contributed by atoms with Crippen molar-refractivity contribution >= 4 is 23.5 Å². The van der Waals surface area contributed by atoms with Crippen LogP contribution in [0.1, 0.15) is 37.1 Å². The SMILES string of the molecule is CCNc1nc(C2CC2)nc(SCC(=O)OC)c1C. The Hall–Kier alpha value is -1.30. The van der Waals surface area contributed by atoms with E-state index in [9.17, 15) is 4.79 Å². The normalized spacial score (nSPS) is 14.3. The van der Waals surface area contributed by atoms with E-state index in [1.54, 1.807) is 0 Å². The molecule has 1 aliphatic carbocycles. The highest BCUT2D eigenvalue weighted by molar-refractivity contribution is 7.99. The number of carbonyl (C=O) groups excluding carboxylic acids is 1. The van der Waals surface area contributed by atoms with Gasteiger partial charge in [-0.05, 0) is 26.7 Å². The van der Waals surface area contributed by atoms with Crippen molar-refractivity contribution in [3.05, 3.63) is 11.4 Å². The van der Waals surface area contributed by atoms with Crippen LogP contribution in [0.15, 0.2) is 5.03 Å². The minimum atomic E-state index is -0.235. The topological polar surface area (TPSA) is 64.1 Å². The molecule has 1 aliphatic rings. The quantitative estimate of drug-likeness (QED) is 0.490. The summed E-state index contributed by atoms with van der Waals surface area (Å²) >= 11 is 1.41. The summed E-state index contributed by atoms with van der Waals surface area (Å²) in [6.45, 7) is 4.84. The first-order valence-electron chi connectivity index (χ1n) is 6.47. The van der Waals surface area contributed by atoms with Gasteiger partial charge in [-0.25, -0.2) is 9.97 Å². The van der Waals surface area contributed by atoms with Crippen LogP contribution in [0.3, 0.4) is 0 Å².